The fourth-order valence-corrected chi connectivity index (χ4v) is 3.53. The summed E-state index contributed by atoms with van der Waals surface area (Å²) in [6, 6.07) is 13.8. The summed E-state index contributed by atoms with van der Waals surface area (Å²) in [5.74, 6) is 1.03. The summed E-state index contributed by atoms with van der Waals surface area (Å²) in [4.78, 5) is 26.6. The molecule has 1 saturated heterocycles. The van der Waals surface area contributed by atoms with Crippen LogP contribution >= 0.6 is 0 Å². The zero-order chi connectivity index (χ0) is 20.8. The molecule has 0 spiro atoms. The number of hydrogen-bond donors (Lipinski definition) is 1. The molecule has 29 heavy (non-hydrogen) atoms. The normalized spacial score (nSPS) is 16.0. The number of carbonyl (C=O) groups is 2. The van der Waals surface area contributed by atoms with Crippen molar-refractivity contribution < 1.29 is 19.1 Å². The van der Waals surface area contributed by atoms with Crippen LogP contribution in [0.3, 0.4) is 0 Å². The molecule has 1 unspecified atom stereocenters. The van der Waals surface area contributed by atoms with E-state index in [1.807, 2.05) is 49.4 Å². The molecule has 6 nitrogen and oxygen atoms in total. The van der Waals surface area contributed by atoms with Crippen molar-refractivity contribution in [2.24, 2.45) is 5.92 Å². The van der Waals surface area contributed by atoms with Gasteiger partial charge in [0.2, 0.25) is 11.8 Å². The van der Waals surface area contributed by atoms with Gasteiger partial charge in [0.25, 0.3) is 0 Å². The van der Waals surface area contributed by atoms with Crippen LogP contribution in [0.2, 0.25) is 0 Å². The summed E-state index contributed by atoms with van der Waals surface area (Å²) in [5.41, 5.74) is 3.32. The lowest BCUT2D eigenvalue weighted by Gasteiger charge is -2.17. The Balaban J connectivity index is 1.48. The van der Waals surface area contributed by atoms with E-state index in [4.69, 9.17) is 9.47 Å². The maximum Gasteiger partial charge on any atom is 0.225 e. The molecule has 6 heteroatoms. The van der Waals surface area contributed by atoms with Crippen molar-refractivity contribution in [1.29, 1.82) is 0 Å². The van der Waals surface area contributed by atoms with Crippen LogP contribution in [0.5, 0.6) is 11.5 Å². The van der Waals surface area contributed by atoms with Gasteiger partial charge in [0.05, 0.1) is 20.1 Å². The molecule has 0 aliphatic carbocycles. The van der Waals surface area contributed by atoms with Crippen LogP contribution < -0.4 is 14.8 Å². The van der Waals surface area contributed by atoms with Crippen LogP contribution in [0.4, 0.5) is 0 Å². The highest BCUT2D eigenvalue weighted by atomic mass is 16.5. The molecule has 154 valence electrons. The molecule has 1 atom stereocenters. The monoisotopic (exact) mass is 396 g/mol. The number of likely N-dealkylation sites (tertiary alicyclic amines) is 1. The average molecular weight is 396 g/mol. The van der Waals surface area contributed by atoms with E-state index in [0.717, 1.165) is 11.1 Å². The topological polar surface area (TPSA) is 67.9 Å². The Kier molecular flexibility index (Phi) is 6.75. The number of benzene rings is 2. The predicted molar refractivity (Wildman–Crippen MR) is 111 cm³/mol. The first-order valence-corrected chi connectivity index (χ1v) is 9.82. The SMILES string of the molecule is COc1ccc(CCNC(=O)C2CC(=O)N(Cc3ccc(C)cc3)C2)cc1OC. The Morgan fingerprint density at radius 3 is 2.45 bits per heavy atom. The van der Waals surface area contributed by atoms with Crippen LogP contribution in [0.1, 0.15) is 23.1 Å². The van der Waals surface area contributed by atoms with Gasteiger partial charge in [-0.3, -0.25) is 9.59 Å². The number of nitrogens with one attached hydrogen (secondary N) is 1. The molecule has 0 aromatic heterocycles. The van der Waals surface area contributed by atoms with Crippen molar-refractivity contribution >= 4 is 11.8 Å². The molecule has 1 aliphatic heterocycles. The molecule has 2 amide bonds. The molecule has 0 saturated carbocycles. The molecule has 0 bridgehead atoms. The molecule has 1 fully saturated rings. The van der Waals surface area contributed by atoms with Crippen LogP contribution in [0.25, 0.3) is 0 Å². The van der Waals surface area contributed by atoms with Gasteiger partial charge in [-0.15, -0.1) is 0 Å². The van der Waals surface area contributed by atoms with Gasteiger partial charge in [-0.05, 0) is 36.6 Å². The minimum Gasteiger partial charge on any atom is -0.493 e. The number of amides is 2. The quantitative estimate of drug-likeness (QED) is 0.745. The van der Waals surface area contributed by atoms with Gasteiger partial charge in [-0.25, -0.2) is 0 Å². The Hall–Kier alpha value is -3.02. The molecule has 0 radical (unpaired) electrons. The minimum absolute atomic E-state index is 0.0330. The molecule has 2 aromatic carbocycles. The number of rotatable bonds is 8. The van der Waals surface area contributed by atoms with Gasteiger partial charge in [0.1, 0.15) is 0 Å². The molecule has 3 rings (SSSR count). The van der Waals surface area contributed by atoms with Crippen molar-refractivity contribution in [3.8, 4) is 11.5 Å². The van der Waals surface area contributed by atoms with Crippen LogP contribution in [0, 0.1) is 12.8 Å². The molecule has 1 N–H and O–H groups in total. The minimum atomic E-state index is -0.293. The molecular weight excluding hydrogens is 368 g/mol. The highest BCUT2D eigenvalue weighted by Gasteiger charge is 2.34. The first-order chi connectivity index (χ1) is 14.0. The Morgan fingerprint density at radius 1 is 1.07 bits per heavy atom. The Morgan fingerprint density at radius 2 is 1.76 bits per heavy atom. The van der Waals surface area contributed by atoms with Crippen LogP contribution in [0.15, 0.2) is 42.5 Å². The fourth-order valence-electron chi connectivity index (χ4n) is 3.53. The third kappa shape index (κ3) is 5.28. The van der Waals surface area contributed by atoms with Crippen LogP contribution in [-0.2, 0) is 22.6 Å². The largest absolute Gasteiger partial charge is 0.493 e. The van der Waals surface area contributed by atoms with E-state index < -0.39 is 0 Å². The van der Waals surface area contributed by atoms with E-state index in [1.165, 1.54) is 5.56 Å². The second-order valence-corrected chi connectivity index (χ2v) is 7.39. The standard InChI is InChI=1S/C23H28N2O4/c1-16-4-6-18(7-5-16)14-25-15-19(13-22(25)26)23(27)24-11-10-17-8-9-20(28-2)21(12-17)29-3/h4-9,12,19H,10-11,13-15H2,1-3H3,(H,24,27). The van der Waals surface area contributed by atoms with Gasteiger partial charge in [0, 0.05) is 26.1 Å². The first kappa shape index (κ1) is 20.7. The van der Waals surface area contributed by atoms with Gasteiger partial charge in [-0.1, -0.05) is 35.9 Å². The molecule has 2 aromatic rings. The third-order valence-corrected chi connectivity index (χ3v) is 5.24. The number of carbonyl (C=O) groups excluding carboxylic acids is 2. The molecule has 1 aliphatic rings. The van der Waals surface area contributed by atoms with E-state index in [2.05, 4.69) is 5.32 Å². The lowest BCUT2D eigenvalue weighted by atomic mass is 10.1. The zero-order valence-corrected chi connectivity index (χ0v) is 17.2. The number of ether oxygens (including phenoxy) is 2. The van der Waals surface area contributed by atoms with E-state index in [9.17, 15) is 9.59 Å². The summed E-state index contributed by atoms with van der Waals surface area (Å²) in [5, 5.41) is 2.96. The third-order valence-electron chi connectivity index (χ3n) is 5.24. The summed E-state index contributed by atoms with van der Waals surface area (Å²) in [6.07, 6.45) is 0.952. The maximum atomic E-state index is 12.5. The van der Waals surface area contributed by atoms with Crippen molar-refractivity contribution in [1.82, 2.24) is 10.2 Å². The second-order valence-electron chi connectivity index (χ2n) is 7.39. The van der Waals surface area contributed by atoms with Gasteiger partial charge < -0.3 is 19.7 Å². The summed E-state index contributed by atoms with van der Waals surface area (Å²) in [7, 11) is 3.20. The van der Waals surface area contributed by atoms with E-state index in [0.29, 0.717) is 37.6 Å². The van der Waals surface area contributed by atoms with E-state index in [-0.39, 0.29) is 24.2 Å². The highest BCUT2D eigenvalue weighted by Crippen LogP contribution is 2.27. The van der Waals surface area contributed by atoms with Crippen molar-refractivity contribution in [3.05, 3.63) is 59.2 Å². The number of methoxy groups -OCH3 is 2. The maximum absolute atomic E-state index is 12.5. The Bertz CT molecular complexity index is 864. The first-order valence-electron chi connectivity index (χ1n) is 9.82. The van der Waals surface area contributed by atoms with E-state index >= 15 is 0 Å². The zero-order valence-electron chi connectivity index (χ0n) is 17.2. The number of nitrogens with zero attached hydrogens (tertiary/aromatic N) is 1. The number of aryl methyl sites for hydroxylation is 1. The van der Waals surface area contributed by atoms with Crippen molar-refractivity contribution in [3.63, 3.8) is 0 Å². The smallest absolute Gasteiger partial charge is 0.225 e. The summed E-state index contributed by atoms with van der Waals surface area (Å²) in [6.45, 7) is 3.56. The summed E-state index contributed by atoms with van der Waals surface area (Å²) >= 11 is 0. The summed E-state index contributed by atoms with van der Waals surface area (Å²) < 4.78 is 10.5. The Labute approximate surface area is 171 Å². The predicted octanol–water partition coefficient (Wildman–Crippen LogP) is 2.72. The van der Waals surface area contributed by atoms with Crippen molar-refractivity contribution in [2.75, 3.05) is 27.3 Å². The van der Waals surface area contributed by atoms with Gasteiger partial charge in [-0.2, -0.15) is 0 Å². The lowest BCUT2D eigenvalue weighted by Crippen LogP contribution is -2.34. The molecule has 1 heterocycles. The average Bonchev–Trinajstić information content (AvgIpc) is 3.10. The van der Waals surface area contributed by atoms with Crippen LogP contribution in [-0.4, -0.2) is 44.0 Å². The second kappa shape index (κ2) is 9.45. The molecular formula is C23H28N2O4. The van der Waals surface area contributed by atoms with Crippen molar-refractivity contribution in [2.45, 2.75) is 26.3 Å². The van der Waals surface area contributed by atoms with Gasteiger partial charge in [0.15, 0.2) is 11.5 Å². The van der Waals surface area contributed by atoms with Gasteiger partial charge >= 0.3 is 0 Å². The fraction of sp³-hybridized carbons (Fsp3) is 0.391. The lowest BCUT2D eigenvalue weighted by molar-refractivity contribution is -0.129. The number of hydrogen-bond acceptors (Lipinski definition) is 4. The van der Waals surface area contributed by atoms with E-state index in [1.54, 1.807) is 19.1 Å². The highest BCUT2D eigenvalue weighted by molar-refractivity contribution is 5.89.